The third-order valence-electron chi connectivity index (χ3n) is 6.64. The van der Waals surface area contributed by atoms with Gasteiger partial charge in [0.1, 0.15) is 25.3 Å². The number of hydrogen-bond donors (Lipinski definition) is 4. The Morgan fingerprint density at radius 1 is 0.571 bits per heavy atom. The number of ether oxygens (including phenoxy) is 2. The predicted octanol–water partition coefficient (Wildman–Crippen LogP) is 3.26. The van der Waals surface area contributed by atoms with Gasteiger partial charge in [0.15, 0.2) is 0 Å². The first-order chi connectivity index (χ1) is 20.4. The molecule has 0 saturated carbocycles. The molecule has 2 unspecified atom stereocenters. The highest BCUT2D eigenvalue weighted by Gasteiger charge is 2.23. The van der Waals surface area contributed by atoms with Crippen LogP contribution in [-0.2, 0) is 41.9 Å². The third-order valence-corrected chi connectivity index (χ3v) is 6.64. The first-order valence-electron chi connectivity index (χ1n) is 14.8. The number of unbranched alkanes of at least 4 members (excludes halogenated alkanes) is 3. The van der Waals surface area contributed by atoms with Crippen molar-refractivity contribution >= 4 is 23.8 Å². The number of carbonyl (C=O) groups is 4. The highest BCUT2D eigenvalue weighted by atomic mass is 16.5. The summed E-state index contributed by atoms with van der Waals surface area (Å²) in [7, 11) is 0. The van der Waals surface area contributed by atoms with E-state index in [9.17, 15) is 19.2 Å². The van der Waals surface area contributed by atoms with Crippen LogP contribution in [0.2, 0.25) is 0 Å². The van der Waals surface area contributed by atoms with Crippen LogP contribution < -0.4 is 22.1 Å². The van der Waals surface area contributed by atoms with E-state index < -0.39 is 24.0 Å². The summed E-state index contributed by atoms with van der Waals surface area (Å²) in [6.07, 6.45) is 4.92. The first-order valence-corrected chi connectivity index (χ1v) is 14.8. The number of hydrogen-bond acceptors (Lipinski definition) is 8. The lowest BCUT2D eigenvalue weighted by atomic mass is 10.1. The second kappa shape index (κ2) is 21.0. The molecule has 6 N–H and O–H groups in total. The molecule has 0 saturated heterocycles. The van der Waals surface area contributed by atoms with Crippen LogP contribution in [0.3, 0.4) is 0 Å². The maximum absolute atomic E-state index is 12.7. The van der Waals surface area contributed by atoms with Crippen molar-refractivity contribution in [1.82, 2.24) is 10.6 Å². The van der Waals surface area contributed by atoms with Crippen molar-refractivity contribution in [2.24, 2.45) is 11.5 Å². The van der Waals surface area contributed by atoms with Gasteiger partial charge in [0.05, 0.1) is 0 Å². The van der Waals surface area contributed by atoms with E-state index in [4.69, 9.17) is 20.9 Å². The highest BCUT2D eigenvalue weighted by Crippen LogP contribution is 2.10. The fourth-order valence-corrected chi connectivity index (χ4v) is 4.25. The Labute approximate surface area is 248 Å². The summed E-state index contributed by atoms with van der Waals surface area (Å²) in [6, 6.07) is 17.2. The molecule has 0 bridgehead atoms. The standard InChI is InChI=1S/C32H46N4O6/c33-21-11-9-17-27(31(39)41-23-25-13-3-1-4-14-25)35-29(37)19-7-8-20-30(38)36-28(18-10-12-22-34)32(40)42-24-26-15-5-2-6-16-26/h1-6,13-16,27-28H,7-12,17-24,33-34H2,(H,35,37)(H,36,38). The van der Waals surface area contributed by atoms with Crippen molar-refractivity contribution in [3.8, 4) is 0 Å². The summed E-state index contributed by atoms with van der Waals surface area (Å²) in [5.74, 6) is -1.53. The van der Waals surface area contributed by atoms with Crippen LogP contribution in [-0.4, -0.2) is 48.9 Å². The van der Waals surface area contributed by atoms with Crippen LogP contribution in [0.15, 0.2) is 60.7 Å². The van der Waals surface area contributed by atoms with Gasteiger partial charge in [-0.2, -0.15) is 0 Å². The summed E-state index contributed by atoms with van der Waals surface area (Å²) in [6.45, 7) is 1.26. The van der Waals surface area contributed by atoms with Crippen LogP contribution in [0, 0.1) is 0 Å². The Bertz CT molecular complexity index is 982. The van der Waals surface area contributed by atoms with Crippen molar-refractivity contribution in [2.45, 2.75) is 89.5 Å². The summed E-state index contributed by atoms with van der Waals surface area (Å²) in [5.41, 5.74) is 12.9. The van der Waals surface area contributed by atoms with E-state index in [1.165, 1.54) is 0 Å². The van der Waals surface area contributed by atoms with E-state index in [1.54, 1.807) is 0 Å². The average Bonchev–Trinajstić information content (AvgIpc) is 3.01. The molecule has 0 heterocycles. The molecule has 230 valence electrons. The minimum atomic E-state index is -0.757. The van der Waals surface area contributed by atoms with Crippen LogP contribution in [0.1, 0.15) is 75.3 Å². The summed E-state index contributed by atoms with van der Waals surface area (Å²) in [5, 5.41) is 5.55. The molecule has 2 rings (SSSR count). The predicted molar refractivity (Wildman–Crippen MR) is 161 cm³/mol. The molecule has 2 aromatic carbocycles. The van der Waals surface area contributed by atoms with Gasteiger partial charge in [-0.15, -0.1) is 0 Å². The summed E-state index contributed by atoms with van der Waals surface area (Å²) in [4.78, 5) is 50.6. The fourth-order valence-electron chi connectivity index (χ4n) is 4.25. The van der Waals surface area contributed by atoms with Gasteiger partial charge in [-0.3, -0.25) is 9.59 Å². The smallest absolute Gasteiger partial charge is 0.328 e. The quantitative estimate of drug-likeness (QED) is 0.129. The van der Waals surface area contributed by atoms with Crippen LogP contribution in [0.4, 0.5) is 0 Å². The SMILES string of the molecule is NCCCCC(NC(=O)CCCCC(=O)NC(CCCCN)C(=O)OCc1ccccc1)C(=O)OCc1ccccc1. The fraction of sp³-hybridized carbons (Fsp3) is 0.500. The zero-order valence-electron chi connectivity index (χ0n) is 24.4. The maximum atomic E-state index is 12.7. The van der Waals surface area contributed by atoms with Crippen molar-refractivity contribution < 1.29 is 28.7 Å². The summed E-state index contributed by atoms with van der Waals surface area (Å²) < 4.78 is 10.9. The van der Waals surface area contributed by atoms with Gasteiger partial charge >= 0.3 is 11.9 Å². The Balaban J connectivity index is 1.76. The van der Waals surface area contributed by atoms with Crippen molar-refractivity contribution in [2.75, 3.05) is 13.1 Å². The molecule has 2 atom stereocenters. The molecule has 0 fully saturated rings. The molecule has 0 aliphatic carbocycles. The van der Waals surface area contributed by atoms with Gasteiger partial charge in [-0.05, 0) is 75.6 Å². The van der Waals surface area contributed by atoms with E-state index in [-0.39, 0.29) is 37.9 Å². The molecule has 0 aliphatic heterocycles. The average molecular weight is 583 g/mol. The molecule has 10 nitrogen and oxygen atoms in total. The van der Waals surface area contributed by atoms with Crippen molar-refractivity contribution in [3.05, 3.63) is 71.8 Å². The number of nitrogens with one attached hydrogen (secondary N) is 2. The molecule has 0 aromatic heterocycles. The normalized spacial score (nSPS) is 12.1. The molecule has 0 radical (unpaired) electrons. The van der Waals surface area contributed by atoms with E-state index in [1.807, 2.05) is 60.7 Å². The van der Waals surface area contributed by atoms with Gasteiger partial charge in [0.25, 0.3) is 0 Å². The Kier molecular flexibility index (Phi) is 17.2. The highest BCUT2D eigenvalue weighted by molar-refractivity contribution is 5.85. The topological polar surface area (TPSA) is 163 Å². The Morgan fingerprint density at radius 2 is 0.952 bits per heavy atom. The Hall–Kier alpha value is -3.76. The molecule has 0 spiro atoms. The molecule has 42 heavy (non-hydrogen) atoms. The Morgan fingerprint density at radius 3 is 1.31 bits per heavy atom. The van der Waals surface area contributed by atoms with E-state index in [2.05, 4.69) is 10.6 Å². The zero-order chi connectivity index (χ0) is 30.4. The van der Waals surface area contributed by atoms with Crippen LogP contribution in [0.25, 0.3) is 0 Å². The third kappa shape index (κ3) is 14.7. The first kappa shape index (κ1) is 34.4. The van der Waals surface area contributed by atoms with Crippen LogP contribution >= 0.6 is 0 Å². The lowest BCUT2D eigenvalue weighted by molar-refractivity contribution is -0.150. The maximum Gasteiger partial charge on any atom is 0.328 e. The lowest BCUT2D eigenvalue weighted by Crippen LogP contribution is -2.42. The molecular weight excluding hydrogens is 536 g/mol. The molecule has 2 amide bonds. The molecular formula is C32H46N4O6. The van der Waals surface area contributed by atoms with Gasteiger partial charge in [0, 0.05) is 12.8 Å². The van der Waals surface area contributed by atoms with E-state index in [0.29, 0.717) is 51.6 Å². The number of nitrogens with two attached hydrogens (primary N) is 2. The number of amides is 2. The van der Waals surface area contributed by atoms with Crippen molar-refractivity contribution in [1.29, 1.82) is 0 Å². The van der Waals surface area contributed by atoms with Crippen molar-refractivity contribution in [3.63, 3.8) is 0 Å². The number of carbonyl (C=O) groups excluding carboxylic acids is 4. The second-order valence-corrected chi connectivity index (χ2v) is 10.2. The minimum Gasteiger partial charge on any atom is -0.459 e. The number of esters is 2. The molecule has 2 aromatic rings. The zero-order valence-corrected chi connectivity index (χ0v) is 24.4. The van der Waals surface area contributed by atoms with Gasteiger partial charge in [-0.25, -0.2) is 9.59 Å². The lowest BCUT2D eigenvalue weighted by Gasteiger charge is -2.18. The van der Waals surface area contributed by atoms with Gasteiger partial charge < -0.3 is 31.6 Å². The van der Waals surface area contributed by atoms with E-state index in [0.717, 1.165) is 24.0 Å². The largest absolute Gasteiger partial charge is 0.459 e. The molecule has 10 heteroatoms. The number of benzene rings is 2. The molecule has 0 aliphatic rings. The van der Waals surface area contributed by atoms with E-state index >= 15 is 0 Å². The van der Waals surface area contributed by atoms with Crippen LogP contribution in [0.5, 0.6) is 0 Å². The number of rotatable bonds is 21. The summed E-state index contributed by atoms with van der Waals surface area (Å²) >= 11 is 0. The monoisotopic (exact) mass is 582 g/mol. The van der Waals surface area contributed by atoms with Gasteiger partial charge in [0.2, 0.25) is 11.8 Å². The van der Waals surface area contributed by atoms with Gasteiger partial charge in [-0.1, -0.05) is 60.7 Å². The second-order valence-electron chi connectivity index (χ2n) is 10.2. The minimum absolute atomic E-state index is 0.130.